The summed E-state index contributed by atoms with van der Waals surface area (Å²) >= 11 is 0. The van der Waals surface area contributed by atoms with Gasteiger partial charge in [-0.3, -0.25) is 0 Å². The molecule has 2 aromatic heterocycles. The van der Waals surface area contributed by atoms with E-state index in [9.17, 15) is 4.79 Å². The van der Waals surface area contributed by atoms with Crippen molar-refractivity contribution in [1.82, 2.24) is 20.3 Å². The van der Waals surface area contributed by atoms with E-state index in [1.54, 1.807) is 0 Å². The first-order chi connectivity index (χ1) is 7.74. The summed E-state index contributed by atoms with van der Waals surface area (Å²) in [5.41, 5.74) is 0. The van der Waals surface area contributed by atoms with Crippen LogP contribution in [0.25, 0.3) is 11.7 Å². The van der Waals surface area contributed by atoms with E-state index in [2.05, 4.69) is 25.1 Å². The van der Waals surface area contributed by atoms with Crippen molar-refractivity contribution in [3.8, 4) is 11.7 Å². The molecule has 0 bridgehead atoms. The molecule has 0 spiro atoms. The zero-order chi connectivity index (χ0) is 11.5. The quantitative estimate of drug-likeness (QED) is 0.692. The van der Waals surface area contributed by atoms with Gasteiger partial charge in [-0.25, -0.2) is 4.79 Å². The molecule has 0 saturated carbocycles. The Morgan fingerprint density at radius 3 is 2.88 bits per heavy atom. The first-order valence-corrected chi connectivity index (χ1v) is 4.49. The molecule has 8 heteroatoms. The predicted octanol–water partition coefficient (Wildman–Crippen LogP) is 0.469. The lowest BCUT2D eigenvalue weighted by molar-refractivity contribution is 0.0556. The number of ether oxygens (including phenoxy) is 1. The Morgan fingerprint density at radius 2 is 2.25 bits per heavy atom. The highest BCUT2D eigenvalue weighted by molar-refractivity contribution is 5.84. The highest BCUT2D eigenvalue weighted by atomic mass is 16.5. The van der Waals surface area contributed by atoms with E-state index >= 15 is 0 Å². The maximum absolute atomic E-state index is 11.0. The summed E-state index contributed by atoms with van der Waals surface area (Å²) in [4.78, 5) is 15.0. The lowest BCUT2D eigenvalue weighted by atomic mass is 10.5. The fourth-order valence-corrected chi connectivity index (χ4v) is 0.969. The largest absolute Gasteiger partial charge is 0.462 e. The maximum Gasteiger partial charge on any atom is 0.396 e. The number of aryl methyl sites for hydroxylation is 1. The minimum Gasteiger partial charge on any atom is -0.462 e. The van der Waals surface area contributed by atoms with Gasteiger partial charge in [-0.2, -0.15) is 4.98 Å². The first-order valence-electron chi connectivity index (χ1n) is 4.49. The molecule has 16 heavy (non-hydrogen) atoms. The molecule has 0 N–H and O–H groups in total. The van der Waals surface area contributed by atoms with E-state index in [0.29, 0.717) is 12.3 Å². The monoisotopic (exact) mass is 224 g/mol. The molecule has 0 radical (unpaired) electrons. The lowest BCUT2D eigenvalue weighted by Gasteiger charge is -1.88. The third-order valence-corrected chi connectivity index (χ3v) is 1.75. The van der Waals surface area contributed by atoms with Gasteiger partial charge < -0.3 is 13.7 Å². The summed E-state index contributed by atoms with van der Waals surface area (Å²) in [6.07, 6.45) is 0.602. The van der Waals surface area contributed by atoms with Crippen molar-refractivity contribution < 1.29 is 18.5 Å². The van der Waals surface area contributed by atoms with Crippen molar-refractivity contribution in [3.05, 3.63) is 11.8 Å². The molecule has 8 nitrogen and oxygen atoms in total. The second kappa shape index (κ2) is 4.09. The summed E-state index contributed by atoms with van der Waals surface area (Å²) in [6, 6.07) is 0. The Labute approximate surface area is 89.6 Å². The van der Waals surface area contributed by atoms with Crippen LogP contribution in [0.15, 0.2) is 8.94 Å². The van der Waals surface area contributed by atoms with Crippen LogP contribution in [0.4, 0.5) is 0 Å². The van der Waals surface area contributed by atoms with Crippen LogP contribution in [0, 0.1) is 0 Å². The van der Waals surface area contributed by atoms with Crippen LogP contribution in [0.2, 0.25) is 0 Å². The molecule has 0 saturated heterocycles. The minimum atomic E-state index is -0.710. The van der Waals surface area contributed by atoms with Crippen molar-refractivity contribution in [2.45, 2.75) is 13.3 Å². The topological polar surface area (TPSA) is 104 Å². The summed E-state index contributed by atoms with van der Waals surface area (Å²) in [5, 5.41) is 10.7. The van der Waals surface area contributed by atoms with Crippen LogP contribution in [0.3, 0.4) is 0 Å². The van der Waals surface area contributed by atoms with Crippen LogP contribution in [-0.4, -0.2) is 33.4 Å². The van der Waals surface area contributed by atoms with Gasteiger partial charge in [0.1, 0.15) is 0 Å². The number of nitrogens with zero attached hydrogens (tertiary/aromatic N) is 4. The highest BCUT2D eigenvalue weighted by Gasteiger charge is 2.19. The van der Waals surface area contributed by atoms with Gasteiger partial charge in [0, 0.05) is 6.42 Å². The van der Waals surface area contributed by atoms with E-state index in [1.807, 2.05) is 6.92 Å². The van der Waals surface area contributed by atoms with Crippen LogP contribution < -0.4 is 0 Å². The normalized spacial score (nSPS) is 10.4. The van der Waals surface area contributed by atoms with Gasteiger partial charge in [-0.05, 0) is 0 Å². The Kier molecular flexibility index (Phi) is 2.63. The fraction of sp³-hybridized carbons (Fsp3) is 0.375. The number of aromatic nitrogens is 4. The molecule has 2 aromatic rings. The van der Waals surface area contributed by atoms with Gasteiger partial charge in [0.2, 0.25) is 5.89 Å². The zero-order valence-electron chi connectivity index (χ0n) is 8.63. The lowest BCUT2D eigenvalue weighted by Crippen LogP contribution is -2.00. The van der Waals surface area contributed by atoms with Gasteiger partial charge >= 0.3 is 11.9 Å². The van der Waals surface area contributed by atoms with Crippen LogP contribution in [-0.2, 0) is 11.2 Å². The van der Waals surface area contributed by atoms with Gasteiger partial charge in [0.05, 0.1) is 7.11 Å². The average Bonchev–Trinajstić information content (AvgIpc) is 2.95. The van der Waals surface area contributed by atoms with E-state index in [0.717, 1.165) is 0 Å². The maximum atomic E-state index is 11.0. The SMILES string of the molecule is CCc1nc(-c2nnc(C(=O)OC)o2)no1. The average molecular weight is 224 g/mol. The van der Waals surface area contributed by atoms with Gasteiger partial charge in [0.15, 0.2) is 0 Å². The van der Waals surface area contributed by atoms with Crippen molar-refractivity contribution in [3.63, 3.8) is 0 Å². The van der Waals surface area contributed by atoms with Crippen LogP contribution in [0.1, 0.15) is 23.5 Å². The molecule has 2 rings (SSSR count). The molecule has 0 atom stereocenters. The van der Waals surface area contributed by atoms with E-state index in [4.69, 9.17) is 8.94 Å². The molecule has 2 heterocycles. The van der Waals surface area contributed by atoms with Gasteiger partial charge in [0.25, 0.3) is 11.7 Å². The predicted molar refractivity (Wildman–Crippen MR) is 48.3 cm³/mol. The van der Waals surface area contributed by atoms with Crippen molar-refractivity contribution in [2.24, 2.45) is 0 Å². The third kappa shape index (κ3) is 1.76. The number of hydrogen-bond donors (Lipinski definition) is 0. The van der Waals surface area contributed by atoms with Crippen molar-refractivity contribution in [2.75, 3.05) is 7.11 Å². The molecule has 0 aliphatic rings. The molecule has 0 fully saturated rings. The Hall–Kier alpha value is -2.25. The second-order valence-corrected chi connectivity index (χ2v) is 2.77. The number of carbonyl (C=O) groups excluding carboxylic acids is 1. The standard InChI is InChI=1S/C8H8N4O4/c1-3-4-9-5(12-16-4)6-10-11-7(15-6)8(13)14-2/h3H2,1-2H3. The van der Waals surface area contributed by atoms with Crippen LogP contribution >= 0.6 is 0 Å². The summed E-state index contributed by atoms with van der Waals surface area (Å²) in [6.45, 7) is 1.87. The van der Waals surface area contributed by atoms with Crippen molar-refractivity contribution >= 4 is 5.97 Å². The molecular formula is C8H8N4O4. The minimum absolute atomic E-state index is 0.0175. The van der Waals surface area contributed by atoms with E-state index < -0.39 is 5.97 Å². The number of carbonyl (C=O) groups is 1. The smallest absolute Gasteiger partial charge is 0.396 e. The van der Waals surface area contributed by atoms with Crippen LogP contribution in [0.5, 0.6) is 0 Å². The molecule has 0 aliphatic heterocycles. The number of esters is 1. The zero-order valence-corrected chi connectivity index (χ0v) is 8.63. The summed E-state index contributed by atoms with van der Waals surface area (Å²) < 4.78 is 14.3. The number of methoxy groups -OCH3 is 1. The molecule has 0 aliphatic carbocycles. The number of rotatable bonds is 3. The number of hydrogen-bond acceptors (Lipinski definition) is 8. The molecule has 84 valence electrons. The third-order valence-electron chi connectivity index (χ3n) is 1.75. The van der Waals surface area contributed by atoms with Gasteiger partial charge in [-0.15, -0.1) is 10.2 Å². The molecule has 0 unspecified atom stereocenters. The fourth-order valence-electron chi connectivity index (χ4n) is 0.969. The Bertz CT molecular complexity index is 504. The molecule has 0 amide bonds. The second-order valence-electron chi connectivity index (χ2n) is 2.77. The first kappa shape index (κ1) is 10.3. The van der Waals surface area contributed by atoms with E-state index in [1.165, 1.54) is 7.11 Å². The van der Waals surface area contributed by atoms with Gasteiger partial charge in [-0.1, -0.05) is 12.1 Å². The van der Waals surface area contributed by atoms with Crippen molar-refractivity contribution in [1.29, 1.82) is 0 Å². The Balaban J connectivity index is 2.27. The van der Waals surface area contributed by atoms with E-state index in [-0.39, 0.29) is 17.6 Å². The highest BCUT2D eigenvalue weighted by Crippen LogP contribution is 2.14. The molecule has 0 aromatic carbocycles. The summed E-state index contributed by atoms with van der Waals surface area (Å²) in [7, 11) is 1.22. The molecular weight excluding hydrogens is 216 g/mol. The summed E-state index contributed by atoms with van der Waals surface area (Å²) in [5.74, 6) is -0.338. The Morgan fingerprint density at radius 1 is 1.44 bits per heavy atom.